The lowest BCUT2D eigenvalue weighted by Crippen LogP contribution is -2.43. The zero-order valence-corrected chi connectivity index (χ0v) is 18.1. The maximum absolute atomic E-state index is 5.48. The molecule has 0 unspecified atom stereocenters. The average Bonchev–Trinajstić information content (AvgIpc) is 3.34. The Morgan fingerprint density at radius 3 is 2.43 bits per heavy atom. The predicted molar refractivity (Wildman–Crippen MR) is 120 cm³/mol. The average molecular weight is 410 g/mol. The Morgan fingerprint density at radius 2 is 1.80 bits per heavy atom. The monoisotopic (exact) mass is 409 g/mol. The van der Waals surface area contributed by atoms with Crippen LogP contribution in [0.2, 0.25) is 0 Å². The number of rotatable bonds is 5. The molecular weight excluding hydrogens is 378 g/mol. The molecule has 1 fully saturated rings. The van der Waals surface area contributed by atoms with Gasteiger partial charge in [0.1, 0.15) is 5.82 Å². The van der Waals surface area contributed by atoms with Gasteiger partial charge in [-0.15, -0.1) is 0 Å². The Labute approximate surface area is 178 Å². The van der Waals surface area contributed by atoms with Crippen LogP contribution in [0.4, 0.5) is 5.82 Å². The summed E-state index contributed by atoms with van der Waals surface area (Å²) in [5.41, 5.74) is 3.71. The highest BCUT2D eigenvalue weighted by molar-refractivity contribution is 5.80. The first kappa shape index (κ1) is 20.3. The van der Waals surface area contributed by atoms with Gasteiger partial charge in [0.05, 0.1) is 14.2 Å². The molecule has 0 atom stereocenters. The minimum Gasteiger partial charge on any atom is -0.493 e. The first-order chi connectivity index (χ1) is 14.7. The molecule has 0 aliphatic carbocycles. The molecule has 0 radical (unpaired) electrons. The summed E-state index contributed by atoms with van der Waals surface area (Å²) >= 11 is 0. The number of pyridine rings is 1. The van der Waals surface area contributed by atoms with Gasteiger partial charge in [-0.3, -0.25) is 4.99 Å². The molecule has 0 bridgehead atoms. The van der Waals surface area contributed by atoms with E-state index in [0.717, 1.165) is 61.4 Å². The highest BCUT2D eigenvalue weighted by atomic mass is 16.5. The molecule has 2 aromatic rings. The van der Waals surface area contributed by atoms with Crippen molar-refractivity contribution in [3.63, 3.8) is 0 Å². The van der Waals surface area contributed by atoms with Gasteiger partial charge in [-0.2, -0.15) is 0 Å². The number of guanidine groups is 1. The first-order valence-electron chi connectivity index (χ1n) is 10.6. The number of benzene rings is 1. The lowest BCUT2D eigenvalue weighted by molar-refractivity contribution is 0.346. The van der Waals surface area contributed by atoms with E-state index < -0.39 is 0 Å². The van der Waals surface area contributed by atoms with Crippen molar-refractivity contribution in [1.82, 2.24) is 15.2 Å². The zero-order valence-electron chi connectivity index (χ0n) is 18.1. The summed E-state index contributed by atoms with van der Waals surface area (Å²) < 4.78 is 10.9. The second-order valence-corrected chi connectivity index (χ2v) is 7.77. The van der Waals surface area contributed by atoms with Crippen molar-refractivity contribution < 1.29 is 9.47 Å². The molecule has 1 aromatic carbocycles. The van der Waals surface area contributed by atoms with E-state index >= 15 is 0 Å². The van der Waals surface area contributed by atoms with E-state index in [0.29, 0.717) is 6.54 Å². The van der Waals surface area contributed by atoms with Gasteiger partial charge in [0.25, 0.3) is 0 Å². The Balaban J connectivity index is 1.39. The van der Waals surface area contributed by atoms with Crippen LogP contribution in [0, 0.1) is 0 Å². The number of ether oxygens (including phenoxy) is 2. The van der Waals surface area contributed by atoms with Crippen molar-refractivity contribution >= 4 is 11.8 Å². The van der Waals surface area contributed by atoms with Crippen molar-refractivity contribution in [3.05, 3.63) is 47.2 Å². The smallest absolute Gasteiger partial charge is 0.194 e. The molecule has 2 aliphatic heterocycles. The van der Waals surface area contributed by atoms with Gasteiger partial charge in [0.2, 0.25) is 0 Å². The van der Waals surface area contributed by atoms with E-state index in [1.54, 1.807) is 14.2 Å². The minimum absolute atomic E-state index is 0.704. The molecule has 0 spiro atoms. The van der Waals surface area contributed by atoms with Crippen molar-refractivity contribution in [2.45, 2.75) is 32.4 Å². The van der Waals surface area contributed by atoms with Crippen LogP contribution in [0.3, 0.4) is 0 Å². The number of anilines is 1. The van der Waals surface area contributed by atoms with Crippen molar-refractivity contribution in [2.24, 2.45) is 4.99 Å². The topological polar surface area (TPSA) is 62.2 Å². The Kier molecular flexibility index (Phi) is 6.26. The third-order valence-corrected chi connectivity index (χ3v) is 5.92. The lowest BCUT2D eigenvalue weighted by atomic mass is 9.99. The van der Waals surface area contributed by atoms with E-state index in [1.807, 2.05) is 13.2 Å². The molecule has 2 aliphatic rings. The quantitative estimate of drug-likeness (QED) is 0.605. The molecule has 0 amide bonds. The molecule has 4 rings (SSSR count). The second kappa shape index (κ2) is 9.24. The molecule has 1 N–H and O–H groups in total. The molecule has 3 heterocycles. The van der Waals surface area contributed by atoms with E-state index in [4.69, 9.17) is 9.47 Å². The van der Waals surface area contributed by atoms with Crippen LogP contribution in [0.5, 0.6) is 11.5 Å². The third-order valence-electron chi connectivity index (χ3n) is 5.92. The third kappa shape index (κ3) is 4.30. The lowest BCUT2D eigenvalue weighted by Gasteiger charge is -2.32. The van der Waals surface area contributed by atoms with Crippen LogP contribution in [-0.2, 0) is 19.5 Å². The van der Waals surface area contributed by atoms with Crippen LogP contribution in [0.15, 0.2) is 35.5 Å². The Hall–Kier alpha value is -2.96. The maximum Gasteiger partial charge on any atom is 0.194 e. The Morgan fingerprint density at radius 1 is 1.07 bits per heavy atom. The number of aromatic nitrogens is 1. The van der Waals surface area contributed by atoms with Crippen molar-refractivity contribution in [1.29, 1.82) is 0 Å². The summed E-state index contributed by atoms with van der Waals surface area (Å²) in [4.78, 5) is 13.8. The standard InChI is InChI=1S/C23H31N5O2/c1-24-23(26-15-17-6-7-22(25-14-17)27-9-4-5-10-27)28-11-8-18-12-20(29-2)21(30-3)13-19(18)16-28/h6-7,12-14H,4-5,8-11,15-16H2,1-3H3,(H,24,26). The number of hydrogen-bond donors (Lipinski definition) is 1. The fourth-order valence-corrected chi connectivity index (χ4v) is 4.23. The van der Waals surface area contributed by atoms with E-state index in [2.05, 4.69) is 49.4 Å². The number of nitrogens with one attached hydrogen (secondary N) is 1. The largest absolute Gasteiger partial charge is 0.493 e. The van der Waals surface area contributed by atoms with Gasteiger partial charge in [0.15, 0.2) is 17.5 Å². The molecule has 1 aromatic heterocycles. The maximum atomic E-state index is 5.48. The molecule has 30 heavy (non-hydrogen) atoms. The van der Waals surface area contributed by atoms with Crippen LogP contribution in [0.25, 0.3) is 0 Å². The Bertz CT molecular complexity index is 891. The number of nitrogens with zero attached hydrogens (tertiary/aromatic N) is 4. The van der Waals surface area contributed by atoms with Gasteiger partial charge < -0.3 is 24.6 Å². The van der Waals surface area contributed by atoms with Gasteiger partial charge in [0, 0.05) is 46.0 Å². The summed E-state index contributed by atoms with van der Waals surface area (Å²) in [5, 5.41) is 3.49. The molecule has 160 valence electrons. The summed E-state index contributed by atoms with van der Waals surface area (Å²) in [6.07, 6.45) is 5.44. The predicted octanol–water partition coefficient (Wildman–Crippen LogP) is 2.83. The number of fused-ring (bicyclic) bond motifs is 1. The van der Waals surface area contributed by atoms with Crippen LogP contribution >= 0.6 is 0 Å². The minimum atomic E-state index is 0.704. The normalized spacial score (nSPS) is 16.4. The summed E-state index contributed by atoms with van der Waals surface area (Å²) in [5.74, 6) is 3.54. The highest BCUT2D eigenvalue weighted by Crippen LogP contribution is 2.33. The van der Waals surface area contributed by atoms with E-state index in [9.17, 15) is 0 Å². The highest BCUT2D eigenvalue weighted by Gasteiger charge is 2.21. The molecule has 1 saturated heterocycles. The van der Waals surface area contributed by atoms with Crippen molar-refractivity contribution in [2.75, 3.05) is 45.8 Å². The van der Waals surface area contributed by atoms with E-state index in [-0.39, 0.29) is 0 Å². The van der Waals surface area contributed by atoms with Gasteiger partial charge in [-0.05, 0) is 54.2 Å². The van der Waals surface area contributed by atoms with Crippen molar-refractivity contribution in [3.8, 4) is 11.5 Å². The van der Waals surface area contributed by atoms with Gasteiger partial charge >= 0.3 is 0 Å². The number of hydrogen-bond acceptors (Lipinski definition) is 5. The summed E-state index contributed by atoms with van der Waals surface area (Å²) in [7, 11) is 5.19. The fraction of sp³-hybridized carbons (Fsp3) is 0.478. The van der Waals surface area contributed by atoms with Gasteiger partial charge in [-0.25, -0.2) is 4.98 Å². The zero-order chi connectivity index (χ0) is 20.9. The number of aliphatic imine (C=N–C) groups is 1. The first-order valence-corrected chi connectivity index (χ1v) is 10.6. The number of methoxy groups -OCH3 is 2. The fourth-order valence-electron chi connectivity index (χ4n) is 4.23. The molecular formula is C23H31N5O2. The van der Waals surface area contributed by atoms with Crippen LogP contribution in [0.1, 0.15) is 29.5 Å². The molecule has 7 nitrogen and oxygen atoms in total. The SMILES string of the molecule is CN=C(NCc1ccc(N2CCCC2)nc1)N1CCc2cc(OC)c(OC)cc2C1. The molecule has 7 heteroatoms. The van der Waals surface area contributed by atoms with Crippen LogP contribution < -0.4 is 19.7 Å². The molecule has 0 saturated carbocycles. The second-order valence-electron chi connectivity index (χ2n) is 7.77. The van der Waals surface area contributed by atoms with Gasteiger partial charge in [-0.1, -0.05) is 6.07 Å². The summed E-state index contributed by atoms with van der Waals surface area (Å²) in [6.45, 7) is 4.64. The van der Waals surface area contributed by atoms with Crippen LogP contribution in [-0.4, -0.2) is 56.7 Å². The van der Waals surface area contributed by atoms with E-state index in [1.165, 1.54) is 24.0 Å². The summed E-state index contributed by atoms with van der Waals surface area (Å²) in [6, 6.07) is 8.45.